The van der Waals surface area contributed by atoms with Crippen LogP contribution in [-0.4, -0.2) is 34.7 Å². The van der Waals surface area contributed by atoms with Gasteiger partial charge in [-0.05, 0) is 31.0 Å². The standard InChI is InChI=1S/C20H30N4O/c1-6-10-24(11-7-2)19(25)15-12-14-8-9-16(20(3,4)5)22-18(14)23-17(21)13-15/h8-9,12H,6-7,10-11,13H2,1-5H3,(H2,21,22,23)/i12D. The average Bonchev–Trinajstić information content (AvgIpc) is 2.69. The van der Waals surface area contributed by atoms with Gasteiger partial charge in [0.1, 0.15) is 5.84 Å². The number of aromatic nitrogens is 1. The van der Waals surface area contributed by atoms with Crippen LogP contribution in [0.25, 0.3) is 6.05 Å². The topological polar surface area (TPSA) is 71.6 Å². The number of amidine groups is 1. The molecule has 1 amide bonds. The van der Waals surface area contributed by atoms with Gasteiger partial charge in [-0.25, -0.2) is 9.98 Å². The highest BCUT2D eigenvalue weighted by molar-refractivity contribution is 6.05. The first kappa shape index (κ1) is 17.6. The van der Waals surface area contributed by atoms with Gasteiger partial charge in [0.15, 0.2) is 5.82 Å². The van der Waals surface area contributed by atoms with Crippen molar-refractivity contribution in [3.63, 3.8) is 0 Å². The number of fused-ring (bicyclic) bond motifs is 1. The van der Waals surface area contributed by atoms with Crippen molar-refractivity contribution in [2.75, 3.05) is 13.1 Å². The van der Waals surface area contributed by atoms with Gasteiger partial charge in [0, 0.05) is 41.8 Å². The van der Waals surface area contributed by atoms with Crippen LogP contribution in [0.2, 0.25) is 0 Å². The molecule has 1 aliphatic heterocycles. The fourth-order valence-corrected chi connectivity index (χ4v) is 2.79. The molecule has 1 aromatic heterocycles. The van der Waals surface area contributed by atoms with E-state index >= 15 is 0 Å². The van der Waals surface area contributed by atoms with Gasteiger partial charge in [-0.3, -0.25) is 4.79 Å². The van der Waals surface area contributed by atoms with Crippen molar-refractivity contribution in [3.05, 3.63) is 29.0 Å². The average molecular weight is 343 g/mol. The predicted octanol–water partition coefficient (Wildman–Crippen LogP) is 3.80. The summed E-state index contributed by atoms with van der Waals surface area (Å²) in [6, 6.07) is 3.92. The summed E-state index contributed by atoms with van der Waals surface area (Å²) < 4.78 is 8.62. The molecule has 5 nitrogen and oxygen atoms in total. The molecular formula is C20H30N4O. The van der Waals surface area contributed by atoms with Crippen molar-refractivity contribution in [2.24, 2.45) is 10.7 Å². The maximum atomic E-state index is 13.0. The Morgan fingerprint density at radius 2 is 1.92 bits per heavy atom. The Kier molecular flexibility index (Phi) is 5.51. The summed E-state index contributed by atoms with van der Waals surface area (Å²) in [6.45, 7) is 11.7. The first-order valence-electron chi connectivity index (χ1n) is 9.53. The van der Waals surface area contributed by atoms with Crippen LogP contribution in [-0.2, 0) is 10.2 Å². The first-order valence-corrected chi connectivity index (χ1v) is 9.03. The normalized spacial score (nSPS) is 15.2. The molecule has 0 spiro atoms. The Morgan fingerprint density at radius 3 is 2.48 bits per heavy atom. The summed E-state index contributed by atoms with van der Waals surface area (Å²) >= 11 is 0. The van der Waals surface area contributed by atoms with Crippen LogP contribution in [0.15, 0.2) is 22.7 Å². The zero-order chi connectivity index (χ0) is 19.5. The fourth-order valence-electron chi connectivity index (χ4n) is 2.79. The summed E-state index contributed by atoms with van der Waals surface area (Å²) in [4.78, 5) is 23.9. The zero-order valence-electron chi connectivity index (χ0n) is 17.0. The van der Waals surface area contributed by atoms with Gasteiger partial charge in [-0.2, -0.15) is 0 Å². The number of carbonyl (C=O) groups excluding carboxylic acids is 1. The van der Waals surface area contributed by atoms with E-state index in [-0.39, 0.29) is 23.8 Å². The first-order chi connectivity index (χ1) is 12.2. The lowest BCUT2D eigenvalue weighted by Gasteiger charge is -2.22. The third kappa shape index (κ3) is 4.68. The van der Waals surface area contributed by atoms with E-state index in [0.29, 0.717) is 35.9 Å². The minimum atomic E-state index is -0.130. The summed E-state index contributed by atoms with van der Waals surface area (Å²) in [5.74, 6) is 0.633. The number of nitrogens with zero attached hydrogens (tertiary/aromatic N) is 3. The number of amides is 1. The van der Waals surface area contributed by atoms with Crippen LogP contribution in [0.1, 0.15) is 66.5 Å². The number of nitrogens with two attached hydrogens (primary N) is 1. The van der Waals surface area contributed by atoms with Crippen LogP contribution >= 0.6 is 0 Å². The molecule has 136 valence electrons. The van der Waals surface area contributed by atoms with Crippen molar-refractivity contribution in [3.8, 4) is 0 Å². The second-order valence-electron chi connectivity index (χ2n) is 7.49. The second-order valence-corrected chi connectivity index (χ2v) is 7.49. The Hall–Kier alpha value is -2.17. The van der Waals surface area contributed by atoms with Gasteiger partial charge in [-0.1, -0.05) is 34.6 Å². The number of aliphatic imine (C=N–C) groups is 1. The van der Waals surface area contributed by atoms with Gasteiger partial charge in [0.05, 0.1) is 1.37 Å². The molecule has 0 saturated heterocycles. The maximum absolute atomic E-state index is 13.0. The van der Waals surface area contributed by atoms with Crippen LogP contribution < -0.4 is 5.73 Å². The lowest BCUT2D eigenvalue weighted by atomic mass is 9.91. The second kappa shape index (κ2) is 7.81. The molecule has 0 bridgehead atoms. The van der Waals surface area contributed by atoms with E-state index in [1.807, 2.05) is 26.0 Å². The minimum Gasteiger partial charge on any atom is -0.387 e. The largest absolute Gasteiger partial charge is 0.387 e. The van der Waals surface area contributed by atoms with Gasteiger partial charge in [0.25, 0.3) is 0 Å². The minimum absolute atomic E-state index is 0.121. The molecule has 2 rings (SSSR count). The van der Waals surface area contributed by atoms with E-state index in [4.69, 9.17) is 7.10 Å². The molecule has 0 aromatic carbocycles. The molecule has 0 saturated carbocycles. The van der Waals surface area contributed by atoms with Gasteiger partial charge in [-0.15, -0.1) is 0 Å². The highest BCUT2D eigenvalue weighted by Crippen LogP contribution is 2.29. The van der Waals surface area contributed by atoms with Gasteiger partial charge < -0.3 is 10.6 Å². The summed E-state index contributed by atoms with van der Waals surface area (Å²) in [6.07, 6.45) is 1.94. The molecule has 25 heavy (non-hydrogen) atoms. The molecule has 1 aromatic rings. The monoisotopic (exact) mass is 343 g/mol. The van der Waals surface area contributed by atoms with Gasteiger partial charge in [0.2, 0.25) is 5.91 Å². The molecule has 0 radical (unpaired) electrons. The van der Waals surface area contributed by atoms with Crippen LogP contribution in [0.5, 0.6) is 0 Å². The Balaban J connectivity index is 2.53. The fraction of sp³-hybridized carbons (Fsp3) is 0.550. The number of hydrogen-bond acceptors (Lipinski definition) is 4. The summed E-state index contributed by atoms with van der Waals surface area (Å²) in [5, 5.41) is 0. The molecule has 5 heteroatoms. The number of carbonyl (C=O) groups is 1. The Morgan fingerprint density at radius 1 is 1.28 bits per heavy atom. The van der Waals surface area contributed by atoms with E-state index in [1.54, 1.807) is 4.90 Å². The SMILES string of the molecule is [2H]C1=C(C(=O)N(CCC)CCC)CC(N)=Nc2nc(C(C)(C)C)ccc21. The van der Waals surface area contributed by atoms with Crippen molar-refractivity contribution in [1.82, 2.24) is 9.88 Å². The molecular weight excluding hydrogens is 312 g/mol. The van der Waals surface area contributed by atoms with Crippen LogP contribution in [0.3, 0.4) is 0 Å². The summed E-state index contributed by atoms with van der Waals surface area (Å²) in [5.41, 5.74) is 7.79. The number of pyridine rings is 1. The molecule has 0 fully saturated rings. The van der Waals surface area contributed by atoms with E-state index < -0.39 is 0 Å². The molecule has 1 aliphatic rings. The molecule has 0 unspecified atom stereocenters. The van der Waals surface area contributed by atoms with Crippen molar-refractivity contribution >= 4 is 23.6 Å². The maximum Gasteiger partial charge on any atom is 0.250 e. The molecule has 2 heterocycles. The third-order valence-electron chi connectivity index (χ3n) is 4.07. The highest BCUT2D eigenvalue weighted by atomic mass is 16.2. The van der Waals surface area contributed by atoms with E-state index in [0.717, 1.165) is 18.5 Å². The molecule has 0 aliphatic carbocycles. The third-order valence-corrected chi connectivity index (χ3v) is 4.07. The highest BCUT2D eigenvalue weighted by Gasteiger charge is 2.22. The lowest BCUT2D eigenvalue weighted by Crippen LogP contribution is -2.34. The number of hydrogen-bond donors (Lipinski definition) is 1. The molecule has 2 N–H and O–H groups in total. The Bertz CT molecular complexity index is 741. The number of rotatable bonds is 5. The van der Waals surface area contributed by atoms with E-state index in [2.05, 4.69) is 30.7 Å². The molecule has 0 atom stereocenters. The van der Waals surface area contributed by atoms with Crippen molar-refractivity contribution < 1.29 is 6.17 Å². The Labute approximate surface area is 152 Å². The van der Waals surface area contributed by atoms with E-state index in [9.17, 15) is 4.79 Å². The van der Waals surface area contributed by atoms with Gasteiger partial charge >= 0.3 is 0 Å². The van der Waals surface area contributed by atoms with Crippen LogP contribution in [0.4, 0.5) is 5.82 Å². The summed E-state index contributed by atoms with van der Waals surface area (Å²) in [7, 11) is 0. The zero-order valence-corrected chi connectivity index (χ0v) is 16.0. The van der Waals surface area contributed by atoms with E-state index in [1.165, 1.54) is 0 Å². The quantitative estimate of drug-likeness (QED) is 0.884. The van der Waals surface area contributed by atoms with Crippen molar-refractivity contribution in [1.29, 1.82) is 0 Å². The smallest absolute Gasteiger partial charge is 0.250 e. The predicted molar refractivity (Wildman–Crippen MR) is 104 cm³/mol. The lowest BCUT2D eigenvalue weighted by molar-refractivity contribution is -0.127. The van der Waals surface area contributed by atoms with Crippen LogP contribution in [0, 0.1) is 0 Å². The van der Waals surface area contributed by atoms with Crippen molar-refractivity contribution in [2.45, 2.75) is 59.3 Å².